The molecule has 0 saturated heterocycles. The maximum atomic E-state index is 12.2. The summed E-state index contributed by atoms with van der Waals surface area (Å²) in [4.78, 5) is 12.2. The number of aryl methyl sites for hydroxylation is 1. The molecule has 3 nitrogen and oxygen atoms in total. The Balaban J connectivity index is 1.42. The standard InChI is InChI=1S/C22H22ClNO2S/c1-16-5-7-17(8-6-16)11-12-24-22(25)21-10-9-20(26-21)15-27-14-18-3-2-4-19(23)13-18/h2-10,13H,11-12,14-15H2,1H3,(H,24,25). The molecule has 2 aromatic carbocycles. The highest BCUT2D eigenvalue weighted by atomic mass is 35.5. The molecule has 0 aliphatic rings. The van der Waals surface area contributed by atoms with E-state index in [1.807, 2.05) is 30.3 Å². The van der Waals surface area contributed by atoms with E-state index < -0.39 is 0 Å². The molecule has 140 valence electrons. The van der Waals surface area contributed by atoms with Gasteiger partial charge >= 0.3 is 0 Å². The average Bonchev–Trinajstić information content (AvgIpc) is 3.12. The van der Waals surface area contributed by atoms with Crippen LogP contribution >= 0.6 is 23.4 Å². The lowest BCUT2D eigenvalue weighted by atomic mass is 10.1. The number of hydrogen-bond donors (Lipinski definition) is 1. The maximum absolute atomic E-state index is 12.2. The largest absolute Gasteiger partial charge is 0.455 e. The van der Waals surface area contributed by atoms with Gasteiger partial charge in [0, 0.05) is 17.3 Å². The molecule has 1 amide bonds. The molecule has 0 bridgehead atoms. The van der Waals surface area contributed by atoms with E-state index in [0.29, 0.717) is 18.1 Å². The van der Waals surface area contributed by atoms with Crippen molar-refractivity contribution >= 4 is 29.3 Å². The van der Waals surface area contributed by atoms with Gasteiger partial charge in [-0.3, -0.25) is 4.79 Å². The van der Waals surface area contributed by atoms with Gasteiger partial charge in [0.2, 0.25) is 0 Å². The van der Waals surface area contributed by atoms with Gasteiger partial charge in [-0.1, -0.05) is 53.6 Å². The van der Waals surface area contributed by atoms with E-state index in [1.165, 1.54) is 16.7 Å². The van der Waals surface area contributed by atoms with Crippen LogP contribution in [0.4, 0.5) is 0 Å². The van der Waals surface area contributed by atoms with Gasteiger partial charge in [0.25, 0.3) is 5.91 Å². The summed E-state index contributed by atoms with van der Waals surface area (Å²) in [5.74, 6) is 2.54. The van der Waals surface area contributed by atoms with Crippen LogP contribution in [0.5, 0.6) is 0 Å². The zero-order chi connectivity index (χ0) is 19.1. The van der Waals surface area contributed by atoms with E-state index in [9.17, 15) is 4.79 Å². The van der Waals surface area contributed by atoms with Gasteiger partial charge in [0.05, 0.1) is 5.75 Å². The lowest BCUT2D eigenvalue weighted by Crippen LogP contribution is -2.25. The summed E-state index contributed by atoms with van der Waals surface area (Å²) in [7, 11) is 0. The van der Waals surface area contributed by atoms with E-state index >= 15 is 0 Å². The van der Waals surface area contributed by atoms with E-state index in [1.54, 1.807) is 17.8 Å². The number of thioether (sulfide) groups is 1. The van der Waals surface area contributed by atoms with Crippen molar-refractivity contribution < 1.29 is 9.21 Å². The molecular weight excluding hydrogens is 378 g/mol. The van der Waals surface area contributed by atoms with Crippen molar-refractivity contribution in [3.05, 3.63) is 93.9 Å². The first-order chi connectivity index (χ1) is 13.1. The average molecular weight is 400 g/mol. The number of furan rings is 1. The Hall–Kier alpha value is -2.17. The summed E-state index contributed by atoms with van der Waals surface area (Å²) in [5.41, 5.74) is 3.62. The molecule has 0 aliphatic carbocycles. The lowest BCUT2D eigenvalue weighted by Gasteiger charge is -2.04. The van der Waals surface area contributed by atoms with Crippen LogP contribution in [0, 0.1) is 6.92 Å². The van der Waals surface area contributed by atoms with Crippen molar-refractivity contribution in [3.8, 4) is 0 Å². The van der Waals surface area contributed by atoms with Crippen LogP contribution in [-0.4, -0.2) is 12.5 Å². The highest BCUT2D eigenvalue weighted by Gasteiger charge is 2.11. The Kier molecular flexibility index (Phi) is 7.02. The molecule has 0 aliphatic heterocycles. The molecular formula is C22H22ClNO2S. The SMILES string of the molecule is Cc1ccc(CCNC(=O)c2ccc(CSCc3cccc(Cl)c3)o2)cc1. The van der Waals surface area contributed by atoms with Crippen LogP contribution in [0.1, 0.15) is 33.0 Å². The summed E-state index contributed by atoms with van der Waals surface area (Å²) in [6.45, 7) is 2.65. The predicted molar refractivity (Wildman–Crippen MR) is 112 cm³/mol. The molecule has 0 atom stereocenters. The molecule has 3 rings (SSSR count). The molecule has 3 aromatic rings. The maximum Gasteiger partial charge on any atom is 0.287 e. The molecule has 1 aromatic heterocycles. The zero-order valence-corrected chi connectivity index (χ0v) is 16.8. The van der Waals surface area contributed by atoms with Gasteiger partial charge in [-0.05, 0) is 48.7 Å². The molecule has 0 fully saturated rings. The quantitative estimate of drug-likeness (QED) is 0.532. The van der Waals surface area contributed by atoms with Gasteiger partial charge in [-0.25, -0.2) is 0 Å². The van der Waals surface area contributed by atoms with Crippen LogP contribution in [-0.2, 0) is 17.9 Å². The Morgan fingerprint density at radius 3 is 2.63 bits per heavy atom. The van der Waals surface area contributed by atoms with Crippen LogP contribution < -0.4 is 5.32 Å². The Labute approximate surface area is 169 Å². The van der Waals surface area contributed by atoms with E-state index in [2.05, 4.69) is 36.5 Å². The van der Waals surface area contributed by atoms with E-state index in [0.717, 1.165) is 23.0 Å². The summed E-state index contributed by atoms with van der Waals surface area (Å²) in [6.07, 6.45) is 0.801. The van der Waals surface area contributed by atoms with Crippen LogP contribution in [0.3, 0.4) is 0 Å². The number of carbonyl (C=O) groups excluding carboxylic acids is 1. The predicted octanol–water partition coefficient (Wildman–Crippen LogP) is 5.65. The fourth-order valence-electron chi connectivity index (χ4n) is 2.64. The summed E-state index contributed by atoms with van der Waals surface area (Å²) < 4.78 is 5.67. The number of halogens is 1. The van der Waals surface area contributed by atoms with Gasteiger partial charge in [0.1, 0.15) is 5.76 Å². The first-order valence-corrected chi connectivity index (χ1v) is 10.4. The molecule has 27 heavy (non-hydrogen) atoms. The van der Waals surface area contributed by atoms with Crippen LogP contribution in [0.15, 0.2) is 65.1 Å². The topological polar surface area (TPSA) is 42.2 Å². The van der Waals surface area contributed by atoms with Crippen molar-refractivity contribution in [2.24, 2.45) is 0 Å². The van der Waals surface area contributed by atoms with Gasteiger partial charge < -0.3 is 9.73 Å². The van der Waals surface area contributed by atoms with Gasteiger partial charge in [-0.2, -0.15) is 0 Å². The van der Waals surface area contributed by atoms with Crippen molar-refractivity contribution in [2.45, 2.75) is 24.9 Å². The Bertz CT molecular complexity index is 889. The zero-order valence-electron chi connectivity index (χ0n) is 15.2. The highest BCUT2D eigenvalue weighted by Crippen LogP contribution is 2.21. The minimum atomic E-state index is -0.173. The van der Waals surface area contributed by atoms with Crippen LogP contribution in [0.25, 0.3) is 0 Å². The number of nitrogens with one attached hydrogen (secondary N) is 1. The number of rotatable bonds is 8. The Morgan fingerprint density at radius 1 is 1.04 bits per heavy atom. The number of hydrogen-bond acceptors (Lipinski definition) is 3. The third-order valence-electron chi connectivity index (χ3n) is 4.11. The van der Waals surface area contributed by atoms with E-state index in [-0.39, 0.29) is 5.91 Å². The summed E-state index contributed by atoms with van der Waals surface area (Å²) >= 11 is 7.72. The van der Waals surface area contributed by atoms with Crippen molar-refractivity contribution in [1.29, 1.82) is 0 Å². The second-order valence-corrected chi connectivity index (χ2v) is 7.80. The molecule has 1 heterocycles. The number of amides is 1. The molecule has 5 heteroatoms. The second-order valence-electron chi connectivity index (χ2n) is 6.38. The highest BCUT2D eigenvalue weighted by molar-refractivity contribution is 7.97. The smallest absolute Gasteiger partial charge is 0.287 e. The van der Waals surface area contributed by atoms with Gasteiger partial charge in [0.15, 0.2) is 5.76 Å². The molecule has 0 unspecified atom stereocenters. The first kappa shape index (κ1) is 19.6. The first-order valence-electron chi connectivity index (χ1n) is 8.85. The normalized spacial score (nSPS) is 10.7. The van der Waals surface area contributed by atoms with Crippen LogP contribution in [0.2, 0.25) is 5.02 Å². The molecule has 0 saturated carbocycles. The third kappa shape index (κ3) is 6.19. The number of benzene rings is 2. The molecule has 1 N–H and O–H groups in total. The van der Waals surface area contributed by atoms with Crippen molar-refractivity contribution in [2.75, 3.05) is 6.54 Å². The monoisotopic (exact) mass is 399 g/mol. The fourth-order valence-corrected chi connectivity index (χ4v) is 3.72. The van der Waals surface area contributed by atoms with E-state index in [4.69, 9.17) is 16.0 Å². The minimum Gasteiger partial charge on any atom is -0.455 e. The lowest BCUT2D eigenvalue weighted by molar-refractivity contribution is 0.0925. The van der Waals surface area contributed by atoms with Crippen molar-refractivity contribution in [1.82, 2.24) is 5.32 Å². The van der Waals surface area contributed by atoms with Gasteiger partial charge in [-0.15, -0.1) is 11.8 Å². The molecule has 0 radical (unpaired) electrons. The third-order valence-corrected chi connectivity index (χ3v) is 5.37. The summed E-state index contributed by atoms with van der Waals surface area (Å²) in [6, 6.07) is 19.8. The number of carbonyl (C=O) groups is 1. The second kappa shape index (κ2) is 9.67. The molecule has 0 spiro atoms. The Morgan fingerprint density at radius 2 is 1.85 bits per heavy atom. The fraction of sp³-hybridized carbons (Fsp3) is 0.227. The minimum absolute atomic E-state index is 0.173. The summed E-state index contributed by atoms with van der Waals surface area (Å²) in [5, 5.41) is 3.66. The van der Waals surface area contributed by atoms with Crippen molar-refractivity contribution in [3.63, 3.8) is 0 Å².